The first-order valence-electron chi connectivity index (χ1n) is 9.04. The highest BCUT2D eigenvalue weighted by atomic mass is 19.1. The fraction of sp³-hybridized carbons (Fsp3) is 0.316. The SMILES string of the molecule is C/C(=N\OCCO)c1ccc2nnc(CC3C(F)=c4cccnc4=CC3F)n2n1. The van der Waals surface area contributed by atoms with Crippen molar-refractivity contribution in [2.45, 2.75) is 19.5 Å². The zero-order valence-electron chi connectivity index (χ0n) is 15.5. The molecule has 3 heterocycles. The number of hydrogen-bond acceptors (Lipinski definition) is 7. The number of halogens is 2. The second kappa shape index (κ2) is 8.00. The van der Waals surface area contributed by atoms with Gasteiger partial charge in [-0.3, -0.25) is 4.98 Å². The van der Waals surface area contributed by atoms with E-state index < -0.39 is 17.9 Å². The van der Waals surface area contributed by atoms with E-state index in [9.17, 15) is 8.78 Å². The summed E-state index contributed by atoms with van der Waals surface area (Å²) in [6.07, 6.45) is 1.26. The lowest BCUT2D eigenvalue weighted by Gasteiger charge is -2.19. The van der Waals surface area contributed by atoms with Crippen molar-refractivity contribution in [1.82, 2.24) is 24.8 Å². The Morgan fingerprint density at radius 3 is 3.00 bits per heavy atom. The van der Waals surface area contributed by atoms with Gasteiger partial charge in [-0.15, -0.1) is 10.2 Å². The smallest absolute Gasteiger partial charge is 0.177 e. The standard InChI is InChI=1S/C19H18F2N6O2/c1-11(26-29-8-7-28)15-4-5-17-23-24-18(27(17)25-15)9-13-14(20)10-16-12(19(13)21)3-2-6-22-16/h2-6,10,13-14,28H,7-9H2,1H3/b26-11+. The predicted octanol–water partition coefficient (Wildman–Crippen LogP) is 0.321. The van der Waals surface area contributed by atoms with Gasteiger partial charge in [-0.2, -0.15) is 9.61 Å². The Labute approximate surface area is 163 Å². The summed E-state index contributed by atoms with van der Waals surface area (Å²) in [6, 6.07) is 6.57. The molecule has 1 aliphatic carbocycles. The number of fused-ring (bicyclic) bond motifs is 2. The highest BCUT2D eigenvalue weighted by Crippen LogP contribution is 2.26. The third kappa shape index (κ3) is 3.70. The second-order valence-corrected chi connectivity index (χ2v) is 6.54. The maximum Gasteiger partial charge on any atom is 0.177 e. The summed E-state index contributed by atoms with van der Waals surface area (Å²) in [4.78, 5) is 8.97. The molecule has 2 atom stereocenters. The van der Waals surface area contributed by atoms with Gasteiger partial charge >= 0.3 is 0 Å². The number of aliphatic hydroxyl groups excluding tert-OH is 1. The minimum atomic E-state index is -1.54. The molecule has 0 fully saturated rings. The van der Waals surface area contributed by atoms with E-state index in [1.165, 1.54) is 16.8 Å². The van der Waals surface area contributed by atoms with Crippen LogP contribution in [0.1, 0.15) is 18.4 Å². The van der Waals surface area contributed by atoms with Crippen LogP contribution in [0.4, 0.5) is 8.78 Å². The van der Waals surface area contributed by atoms with Crippen LogP contribution in [-0.4, -0.2) is 55.0 Å². The molecule has 0 saturated heterocycles. The van der Waals surface area contributed by atoms with Gasteiger partial charge in [0.1, 0.15) is 30.0 Å². The Kier molecular flexibility index (Phi) is 5.26. The van der Waals surface area contributed by atoms with E-state index in [1.807, 2.05) is 0 Å². The van der Waals surface area contributed by atoms with Gasteiger partial charge in [0.05, 0.1) is 17.9 Å². The Balaban J connectivity index is 1.67. The fourth-order valence-corrected chi connectivity index (χ4v) is 3.14. The molecular weight excluding hydrogens is 382 g/mol. The molecule has 1 aliphatic rings. The Morgan fingerprint density at radius 2 is 2.17 bits per heavy atom. The molecule has 8 nitrogen and oxygen atoms in total. The van der Waals surface area contributed by atoms with Crippen molar-refractivity contribution < 1.29 is 18.7 Å². The van der Waals surface area contributed by atoms with Crippen molar-refractivity contribution in [3.05, 3.63) is 52.5 Å². The summed E-state index contributed by atoms with van der Waals surface area (Å²) in [5.41, 5.74) is 1.42. The minimum absolute atomic E-state index is 0.0212. The Morgan fingerprint density at radius 1 is 1.31 bits per heavy atom. The maximum absolute atomic E-state index is 14.9. The van der Waals surface area contributed by atoms with Crippen LogP contribution < -0.4 is 10.6 Å². The number of aromatic nitrogens is 5. The lowest BCUT2D eigenvalue weighted by atomic mass is 9.92. The zero-order chi connectivity index (χ0) is 20.4. The summed E-state index contributed by atoms with van der Waals surface area (Å²) >= 11 is 0. The van der Waals surface area contributed by atoms with Gasteiger partial charge in [-0.1, -0.05) is 5.16 Å². The average Bonchev–Trinajstić information content (AvgIpc) is 3.13. The largest absolute Gasteiger partial charge is 0.393 e. The van der Waals surface area contributed by atoms with E-state index in [4.69, 9.17) is 9.94 Å². The average molecular weight is 400 g/mol. The lowest BCUT2D eigenvalue weighted by Crippen LogP contribution is -2.39. The topological polar surface area (TPSA) is 97.8 Å². The highest BCUT2D eigenvalue weighted by Gasteiger charge is 2.30. The molecule has 0 radical (unpaired) electrons. The third-order valence-electron chi connectivity index (χ3n) is 4.61. The van der Waals surface area contributed by atoms with Gasteiger partial charge in [-0.05, 0) is 37.3 Å². The minimum Gasteiger partial charge on any atom is -0.393 e. The molecule has 2 unspecified atom stereocenters. The second-order valence-electron chi connectivity index (χ2n) is 6.54. The molecule has 3 aromatic heterocycles. The van der Waals surface area contributed by atoms with Crippen LogP contribution in [0.5, 0.6) is 0 Å². The number of alkyl halides is 1. The van der Waals surface area contributed by atoms with Crippen LogP contribution >= 0.6 is 0 Å². The molecule has 29 heavy (non-hydrogen) atoms. The van der Waals surface area contributed by atoms with Gasteiger partial charge in [-0.25, -0.2) is 8.78 Å². The fourth-order valence-electron chi connectivity index (χ4n) is 3.14. The van der Waals surface area contributed by atoms with Crippen molar-refractivity contribution in [3.63, 3.8) is 0 Å². The van der Waals surface area contributed by atoms with Gasteiger partial charge in [0.15, 0.2) is 11.5 Å². The third-order valence-corrected chi connectivity index (χ3v) is 4.61. The number of rotatable bonds is 6. The number of aliphatic hydroxyl groups is 1. The number of hydrogen-bond donors (Lipinski definition) is 1. The summed E-state index contributed by atoms with van der Waals surface area (Å²) in [6.45, 7) is 1.61. The molecule has 150 valence electrons. The van der Waals surface area contributed by atoms with E-state index in [1.54, 1.807) is 31.2 Å². The van der Waals surface area contributed by atoms with Crippen molar-refractivity contribution in [3.8, 4) is 0 Å². The summed E-state index contributed by atoms with van der Waals surface area (Å²) in [7, 11) is 0. The van der Waals surface area contributed by atoms with E-state index >= 15 is 0 Å². The Hall–Kier alpha value is -3.27. The molecule has 0 saturated carbocycles. The molecule has 0 spiro atoms. The number of nitrogens with zero attached hydrogens (tertiary/aromatic N) is 6. The lowest BCUT2D eigenvalue weighted by molar-refractivity contribution is 0.0986. The first-order chi connectivity index (χ1) is 14.1. The van der Waals surface area contributed by atoms with E-state index in [-0.39, 0.29) is 24.9 Å². The van der Waals surface area contributed by atoms with Crippen LogP contribution in [-0.2, 0) is 11.3 Å². The van der Waals surface area contributed by atoms with Crippen LogP contribution in [0.2, 0.25) is 0 Å². The number of pyridine rings is 1. The monoisotopic (exact) mass is 400 g/mol. The molecule has 0 aliphatic heterocycles. The van der Waals surface area contributed by atoms with Crippen molar-refractivity contribution in [2.24, 2.45) is 11.1 Å². The van der Waals surface area contributed by atoms with Gasteiger partial charge in [0.2, 0.25) is 0 Å². The van der Waals surface area contributed by atoms with Crippen molar-refractivity contribution in [2.75, 3.05) is 13.2 Å². The summed E-state index contributed by atoms with van der Waals surface area (Å²) in [5.74, 6) is -1.27. The molecule has 4 rings (SSSR count). The van der Waals surface area contributed by atoms with E-state index in [0.717, 1.165) is 0 Å². The van der Waals surface area contributed by atoms with Crippen LogP contribution in [0.3, 0.4) is 0 Å². The van der Waals surface area contributed by atoms with E-state index in [0.29, 0.717) is 28.2 Å². The zero-order valence-corrected chi connectivity index (χ0v) is 15.5. The molecule has 10 heteroatoms. The maximum atomic E-state index is 14.9. The quantitative estimate of drug-likeness (QED) is 0.364. The van der Waals surface area contributed by atoms with Gasteiger partial charge in [0.25, 0.3) is 0 Å². The molecule has 1 N–H and O–H groups in total. The Bertz CT molecular complexity index is 1190. The van der Waals surface area contributed by atoms with Crippen molar-refractivity contribution in [1.29, 1.82) is 0 Å². The normalized spacial score (nSPS) is 19.2. The highest BCUT2D eigenvalue weighted by molar-refractivity contribution is 5.96. The van der Waals surface area contributed by atoms with Crippen molar-refractivity contribution >= 4 is 23.3 Å². The first kappa shape index (κ1) is 19.1. The molecule has 0 aromatic carbocycles. The van der Waals surface area contributed by atoms with Crippen LogP contribution in [0.25, 0.3) is 17.6 Å². The molecule has 0 bridgehead atoms. The summed E-state index contributed by atoms with van der Waals surface area (Å²) in [5, 5.41) is 25.7. The van der Waals surface area contributed by atoms with Gasteiger partial charge < -0.3 is 9.94 Å². The van der Waals surface area contributed by atoms with Crippen LogP contribution in [0.15, 0.2) is 35.6 Å². The summed E-state index contributed by atoms with van der Waals surface area (Å²) < 4.78 is 31.0. The molecule has 0 amide bonds. The van der Waals surface area contributed by atoms with Crippen LogP contribution in [0, 0.1) is 5.92 Å². The predicted molar refractivity (Wildman–Crippen MR) is 101 cm³/mol. The molecular formula is C19H18F2N6O2. The number of oxime groups is 1. The van der Waals surface area contributed by atoms with Gasteiger partial charge in [0, 0.05) is 17.8 Å². The van der Waals surface area contributed by atoms with E-state index in [2.05, 4.69) is 25.4 Å². The molecule has 3 aromatic rings. The first-order valence-corrected chi connectivity index (χ1v) is 9.04.